The molecule has 2 aliphatic rings. The van der Waals surface area contributed by atoms with E-state index < -0.39 is 0 Å². The van der Waals surface area contributed by atoms with Crippen LogP contribution in [-0.4, -0.2) is 0 Å². The Hall–Kier alpha value is -1.59. The van der Waals surface area contributed by atoms with Crippen LogP contribution >= 0.6 is 0 Å². The maximum atomic E-state index is 2.00. The summed E-state index contributed by atoms with van der Waals surface area (Å²) in [5.74, 6) is 0. The summed E-state index contributed by atoms with van der Waals surface area (Å²) in [5.41, 5.74) is 0. The van der Waals surface area contributed by atoms with Crippen LogP contribution in [0.5, 0.6) is 0 Å². The number of rotatable bonds is 0. The van der Waals surface area contributed by atoms with Crippen molar-refractivity contribution in [1.29, 1.82) is 0 Å². The van der Waals surface area contributed by atoms with Crippen molar-refractivity contribution in [2.75, 3.05) is 0 Å². The minimum absolute atomic E-state index is 0. The molecule has 0 N–H and O–H groups in total. The van der Waals surface area contributed by atoms with Crippen LogP contribution in [0.25, 0.3) is 0 Å². The number of hydrogen-bond acceptors (Lipinski definition) is 0. The van der Waals surface area contributed by atoms with Gasteiger partial charge in [0.15, 0.2) is 0 Å². The van der Waals surface area contributed by atoms with Gasteiger partial charge in [0.2, 0.25) is 0 Å². The fraction of sp³-hybridized carbons (Fsp3) is 0. The van der Waals surface area contributed by atoms with Crippen LogP contribution in [0.15, 0.2) is 97.2 Å². The SMILES string of the molecule is C1=C\C=C/C=C\C=C/1.C1=C\C=C/C=C\C=C/1.[Ni+2]. The standard InChI is InChI=1S/2C8H8.Ni/c2*1-2-4-6-8-7-5-3-1;/h2*1-8H;/q;;+2/b2*2-1-,3-1?,4-2?,5-3-,6-4-,7-5?,8-6?,8-7-;. The molecule has 0 aromatic heterocycles. The molecule has 17 heavy (non-hydrogen) atoms. The second kappa shape index (κ2) is 12.5. The molecule has 0 unspecified atom stereocenters. The van der Waals surface area contributed by atoms with Gasteiger partial charge in [0, 0.05) is 0 Å². The van der Waals surface area contributed by atoms with Crippen molar-refractivity contribution < 1.29 is 16.5 Å². The van der Waals surface area contributed by atoms with Crippen LogP contribution in [0.2, 0.25) is 0 Å². The Morgan fingerprint density at radius 2 is 0.235 bits per heavy atom. The van der Waals surface area contributed by atoms with Crippen molar-refractivity contribution in [3.05, 3.63) is 97.2 Å². The van der Waals surface area contributed by atoms with Crippen molar-refractivity contribution >= 4 is 0 Å². The van der Waals surface area contributed by atoms with Crippen molar-refractivity contribution in [2.45, 2.75) is 0 Å². The fourth-order valence-corrected chi connectivity index (χ4v) is 1.03. The average molecular weight is 267 g/mol. The second-order valence-corrected chi connectivity index (χ2v) is 3.08. The van der Waals surface area contributed by atoms with Gasteiger partial charge in [-0.2, -0.15) is 0 Å². The number of allylic oxidation sites excluding steroid dienone is 16. The van der Waals surface area contributed by atoms with E-state index in [9.17, 15) is 0 Å². The Balaban J connectivity index is 0.000000284. The first-order valence-corrected chi connectivity index (χ1v) is 5.33. The summed E-state index contributed by atoms with van der Waals surface area (Å²) in [6.07, 6.45) is 32.0. The van der Waals surface area contributed by atoms with Gasteiger partial charge in [-0.25, -0.2) is 0 Å². The van der Waals surface area contributed by atoms with Gasteiger partial charge in [0.05, 0.1) is 0 Å². The van der Waals surface area contributed by atoms with E-state index in [2.05, 4.69) is 0 Å². The Morgan fingerprint density at radius 3 is 0.294 bits per heavy atom. The maximum Gasteiger partial charge on any atom is 2.00 e. The summed E-state index contributed by atoms with van der Waals surface area (Å²) in [4.78, 5) is 0. The largest absolute Gasteiger partial charge is 2.00 e. The molecule has 0 radical (unpaired) electrons. The maximum absolute atomic E-state index is 2.00. The molecule has 0 aromatic rings. The molecular weight excluding hydrogens is 251 g/mol. The average Bonchev–Trinajstić information content (AvgIpc) is 2.15. The molecule has 0 aromatic carbocycles. The first kappa shape index (κ1) is 15.4. The van der Waals surface area contributed by atoms with Gasteiger partial charge in [-0.15, -0.1) is 0 Å². The van der Waals surface area contributed by atoms with Gasteiger partial charge >= 0.3 is 16.5 Å². The van der Waals surface area contributed by atoms with Crippen molar-refractivity contribution in [2.24, 2.45) is 0 Å². The summed E-state index contributed by atoms with van der Waals surface area (Å²) >= 11 is 0. The monoisotopic (exact) mass is 266 g/mol. The molecule has 0 nitrogen and oxygen atoms in total. The summed E-state index contributed by atoms with van der Waals surface area (Å²) in [5, 5.41) is 0. The van der Waals surface area contributed by atoms with Crippen LogP contribution in [0, 0.1) is 0 Å². The molecule has 0 bridgehead atoms. The summed E-state index contributed by atoms with van der Waals surface area (Å²) in [6.45, 7) is 0. The third-order valence-corrected chi connectivity index (χ3v) is 1.78. The summed E-state index contributed by atoms with van der Waals surface area (Å²) in [6, 6.07) is 0. The molecule has 0 aliphatic heterocycles. The first-order valence-electron chi connectivity index (χ1n) is 5.33. The van der Waals surface area contributed by atoms with E-state index in [0.29, 0.717) is 0 Å². The van der Waals surface area contributed by atoms with E-state index in [1.165, 1.54) is 0 Å². The van der Waals surface area contributed by atoms with Crippen LogP contribution in [-0.2, 0) is 16.5 Å². The zero-order valence-corrected chi connectivity index (χ0v) is 10.5. The van der Waals surface area contributed by atoms with Crippen LogP contribution in [0.4, 0.5) is 0 Å². The molecule has 0 saturated heterocycles. The molecule has 0 atom stereocenters. The summed E-state index contributed by atoms with van der Waals surface area (Å²) in [7, 11) is 0. The molecule has 0 saturated carbocycles. The number of hydrogen-bond donors (Lipinski definition) is 0. The topological polar surface area (TPSA) is 0 Å². The zero-order valence-electron chi connectivity index (χ0n) is 9.55. The van der Waals surface area contributed by atoms with Crippen LogP contribution in [0.1, 0.15) is 0 Å². The van der Waals surface area contributed by atoms with Crippen LogP contribution in [0.3, 0.4) is 0 Å². The molecule has 0 spiro atoms. The third kappa shape index (κ3) is 10.7. The van der Waals surface area contributed by atoms with Gasteiger partial charge < -0.3 is 0 Å². The van der Waals surface area contributed by atoms with E-state index in [-0.39, 0.29) is 16.5 Å². The predicted molar refractivity (Wildman–Crippen MR) is 73.1 cm³/mol. The second-order valence-electron chi connectivity index (χ2n) is 3.08. The predicted octanol–water partition coefficient (Wildman–Crippen LogP) is 4.45. The van der Waals surface area contributed by atoms with E-state index in [1.807, 2.05) is 97.2 Å². The quantitative estimate of drug-likeness (QED) is 0.569. The van der Waals surface area contributed by atoms with E-state index in [4.69, 9.17) is 0 Å². The van der Waals surface area contributed by atoms with E-state index in [0.717, 1.165) is 0 Å². The van der Waals surface area contributed by atoms with E-state index in [1.54, 1.807) is 0 Å². The Bertz CT molecular complexity index is 247. The molecule has 0 fully saturated rings. The fourth-order valence-electron chi connectivity index (χ4n) is 1.03. The minimum atomic E-state index is 0. The third-order valence-electron chi connectivity index (χ3n) is 1.78. The summed E-state index contributed by atoms with van der Waals surface area (Å²) < 4.78 is 0. The van der Waals surface area contributed by atoms with Crippen molar-refractivity contribution in [3.63, 3.8) is 0 Å². The van der Waals surface area contributed by atoms with Gasteiger partial charge in [0.1, 0.15) is 0 Å². The van der Waals surface area contributed by atoms with Gasteiger partial charge in [-0.1, -0.05) is 97.2 Å². The molecule has 2 rings (SSSR count). The normalized spacial score (nSPS) is 30.1. The van der Waals surface area contributed by atoms with Gasteiger partial charge in [-0.05, 0) is 0 Å². The van der Waals surface area contributed by atoms with E-state index >= 15 is 0 Å². The van der Waals surface area contributed by atoms with Gasteiger partial charge in [-0.3, -0.25) is 0 Å². The Morgan fingerprint density at radius 1 is 0.176 bits per heavy atom. The van der Waals surface area contributed by atoms with Crippen molar-refractivity contribution in [3.8, 4) is 0 Å². The minimum Gasteiger partial charge on any atom is -0.0623 e. The Kier molecular flexibility index (Phi) is 11.3. The molecule has 88 valence electrons. The molecule has 0 heterocycles. The zero-order chi connectivity index (χ0) is 11.3. The first-order chi connectivity index (χ1) is 8.00. The smallest absolute Gasteiger partial charge is 0.0623 e. The molecule has 0 amide bonds. The molecule has 1 heteroatoms. The van der Waals surface area contributed by atoms with Crippen LogP contribution < -0.4 is 0 Å². The molecule has 2 aliphatic carbocycles. The van der Waals surface area contributed by atoms with Crippen molar-refractivity contribution in [1.82, 2.24) is 0 Å². The molecular formula is C16H16Ni+2. The Labute approximate surface area is 114 Å². The van der Waals surface area contributed by atoms with Gasteiger partial charge in [0.25, 0.3) is 0 Å².